The number of aryl methyl sites for hydroxylation is 2. The highest BCUT2D eigenvalue weighted by Crippen LogP contribution is 2.27. The van der Waals surface area contributed by atoms with Gasteiger partial charge in [-0.15, -0.1) is 0 Å². The molecular weight excluding hydrogens is 196 g/mol. The van der Waals surface area contributed by atoms with Crippen LogP contribution in [-0.2, 0) is 0 Å². The second kappa shape index (κ2) is 4.94. The fourth-order valence-corrected chi connectivity index (χ4v) is 2.90. The Kier molecular flexibility index (Phi) is 3.57. The highest BCUT2D eigenvalue weighted by molar-refractivity contribution is 5.16. The minimum Gasteiger partial charge on any atom is -0.323 e. The molecule has 1 saturated carbocycles. The molecule has 16 heavy (non-hydrogen) atoms. The monoisotopic (exact) mass is 220 g/mol. The van der Waals surface area contributed by atoms with E-state index in [1.807, 2.05) is 0 Å². The van der Waals surface area contributed by atoms with Crippen LogP contribution in [0, 0.1) is 19.8 Å². The molecule has 2 heteroatoms. The minimum atomic E-state index is 0.670. The zero-order valence-corrected chi connectivity index (χ0v) is 10.8. The van der Waals surface area contributed by atoms with Gasteiger partial charge in [0.05, 0.1) is 0 Å². The fraction of sp³-hybridized carbons (Fsp3) is 0.714. The van der Waals surface area contributed by atoms with Gasteiger partial charge in [0.25, 0.3) is 0 Å². The molecule has 0 amide bonds. The molecule has 1 heterocycles. The Balaban J connectivity index is 2.07. The van der Waals surface area contributed by atoms with Gasteiger partial charge in [-0.1, -0.05) is 26.2 Å². The lowest BCUT2D eigenvalue weighted by Crippen LogP contribution is -2.37. The van der Waals surface area contributed by atoms with Crippen LogP contribution in [0.5, 0.6) is 0 Å². The molecule has 2 atom stereocenters. The summed E-state index contributed by atoms with van der Waals surface area (Å²) in [6.45, 7) is 6.66. The Labute approximate surface area is 99.0 Å². The van der Waals surface area contributed by atoms with Gasteiger partial charge in [0, 0.05) is 17.4 Å². The number of nitrogens with zero attached hydrogens (tertiary/aromatic N) is 1. The van der Waals surface area contributed by atoms with Gasteiger partial charge in [-0.25, -0.2) is 0 Å². The van der Waals surface area contributed by atoms with Crippen LogP contribution in [0.4, 0.5) is 0 Å². The van der Waals surface area contributed by atoms with Crippen molar-refractivity contribution in [1.82, 2.24) is 4.68 Å². The molecule has 1 aromatic heterocycles. The fourth-order valence-electron chi connectivity index (χ4n) is 2.90. The minimum absolute atomic E-state index is 0.670. The second-order valence-electron chi connectivity index (χ2n) is 5.14. The van der Waals surface area contributed by atoms with Crippen LogP contribution in [0.1, 0.15) is 50.4 Å². The maximum Gasteiger partial charge on any atom is 0.0452 e. The van der Waals surface area contributed by atoms with Crippen LogP contribution < -0.4 is 5.43 Å². The van der Waals surface area contributed by atoms with Gasteiger partial charge < -0.3 is 5.43 Å². The van der Waals surface area contributed by atoms with E-state index in [0.29, 0.717) is 6.04 Å². The van der Waals surface area contributed by atoms with Gasteiger partial charge in [0.2, 0.25) is 0 Å². The zero-order chi connectivity index (χ0) is 11.5. The third-order valence-electron chi connectivity index (χ3n) is 4.00. The average Bonchev–Trinajstić information content (AvgIpc) is 2.61. The SMILES string of the molecule is CCC1CCCCC1Nn1c(C)ccc1C. The van der Waals surface area contributed by atoms with E-state index in [1.54, 1.807) is 0 Å². The molecule has 90 valence electrons. The van der Waals surface area contributed by atoms with E-state index in [2.05, 4.69) is 43.0 Å². The molecule has 1 fully saturated rings. The van der Waals surface area contributed by atoms with Crippen molar-refractivity contribution in [3.05, 3.63) is 23.5 Å². The van der Waals surface area contributed by atoms with Crippen molar-refractivity contribution in [2.45, 2.75) is 58.9 Å². The summed E-state index contributed by atoms with van der Waals surface area (Å²) in [4.78, 5) is 0. The highest BCUT2D eigenvalue weighted by atomic mass is 15.4. The number of rotatable bonds is 3. The first-order chi connectivity index (χ1) is 7.72. The predicted octanol–water partition coefficient (Wildman–Crippen LogP) is 3.62. The molecule has 2 nitrogen and oxygen atoms in total. The molecular formula is C14H24N2. The first-order valence-corrected chi connectivity index (χ1v) is 6.64. The Hall–Kier alpha value is -0.920. The van der Waals surface area contributed by atoms with E-state index in [4.69, 9.17) is 0 Å². The van der Waals surface area contributed by atoms with Crippen molar-refractivity contribution in [2.75, 3.05) is 5.43 Å². The van der Waals surface area contributed by atoms with Crippen LogP contribution in [0.25, 0.3) is 0 Å². The molecule has 1 aliphatic carbocycles. The standard InChI is InChI=1S/C14H24N2/c1-4-13-7-5-6-8-14(13)15-16-11(2)9-10-12(16)3/h9-10,13-15H,4-8H2,1-3H3. The van der Waals surface area contributed by atoms with E-state index in [9.17, 15) is 0 Å². The van der Waals surface area contributed by atoms with Gasteiger partial charge in [-0.05, 0) is 44.7 Å². The molecule has 2 unspecified atom stereocenters. The van der Waals surface area contributed by atoms with Crippen LogP contribution in [0.15, 0.2) is 12.1 Å². The van der Waals surface area contributed by atoms with Gasteiger partial charge in [0.15, 0.2) is 0 Å². The molecule has 0 bridgehead atoms. The Morgan fingerprint density at radius 2 is 1.81 bits per heavy atom. The largest absolute Gasteiger partial charge is 0.323 e. The highest BCUT2D eigenvalue weighted by Gasteiger charge is 2.23. The normalized spacial score (nSPS) is 25.7. The summed E-state index contributed by atoms with van der Waals surface area (Å²) < 4.78 is 2.26. The van der Waals surface area contributed by atoms with Crippen molar-refractivity contribution >= 4 is 0 Å². The third-order valence-corrected chi connectivity index (χ3v) is 4.00. The molecule has 0 aliphatic heterocycles. The maximum absolute atomic E-state index is 3.72. The van der Waals surface area contributed by atoms with Crippen molar-refractivity contribution in [2.24, 2.45) is 5.92 Å². The summed E-state index contributed by atoms with van der Waals surface area (Å²) >= 11 is 0. The maximum atomic E-state index is 3.72. The van der Waals surface area contributed by atoms with Gasteiger partial charge >= 0.3 is 0 Å². The van der Waals surface area contributed by atoms with Crippen molar-refractivity contribution in [3.63, 3.8) is 0 Å². The second-order valence-corrected chi connectivity index (χ2v) is 5.14. The predicted molar refractivity (Wildman–Crippen MR) is 69.3 cm³/mol. The number of hydrogen-bond acceptors (Lipinski definition) is 1. The van der Waals surface area contributed by atoms with E-state index >= 15 is 0 Å². The molecule has 1 aromatic rings. The molecule has 0 aromatic carbocycles. The quantitative estimate of drug-likeness (QED) is 0.823. The zero-order valence-electron chi connectivity index (χ0n) is 10.8. The summed E-state index contributed by atoms with van der Waals surface area (Å²) in [5.74, 6) is 0.856. The van der Waals surface area contributed by atoms with Gasteiger partial charge in [-0.2, -0.15) is 0 Å². The molecule has 1 N–H and O–H groups in total. The summed E-state index contributed by atoms with van der Waals surface area (Å²) in [5.41, 5.74) is 6.35. The molecule has 0 radical (unpaired) electrons. The third kappa shape index (κ3) is 2.26. The Bertz CT molecular complexity index is 321. The van der Waals surface area contributed by atoms with Crippen molar-refractivity contribution < 1.29 is 0 Å². The lowest BCUT2D eigenvalue weighted by atomic mass is 9.83. The van der Waals surface area contributed by atoms with Crippen LogP contribution >= 0.6 is 0 Å². The number of nitrogens with one attached hydrogen (secondary N) is 1. The average molecular weight is 220 g/mol. The van der Waals surface area contributed by atoms with Crippen molar-refractivity contribution in [3.8, 4) is 0 Å². The molecule has 0 spiro atoms. The first kappa shape index (κ1) is 11.6. The van der Waals surface area contributed by atoms with E-state index in [1.165, 1.54) is 43.5 Å². The van der Waals surface area contributed by atoms with Crippen LogP contribution in [0.2, 0.25) is 0 Å². The Morgan fingerprint density at radius 1 is 1.19 bits per heavy atom. The first-order valence-electron chi connectivity index (χ1n) is 6.64. The van der Waals surface area contributed by atoms with Gasteiger partial charge in [-0.3, -0.25) is 4.68 Å². The summed E-state index contributed by atoms with van der Waals surface area (Å²) in [7, 11) is 0. The number of hydrogen-bond donors (Lipinski definition) is 1. The van der Waals surface area contributed by atoms with E-state index in [0.717, 1.165) is 5.92 Å². The Morgan fingerprint density at radius 3 is 2.44 bits per heavy atom. The number of aromatic nitrogens is 1. The summed E-state index contributed by atoms with van der Waals surface area (Å²) in [6.07, 6.45) is 6.83. The molecule has 1 aliphatic rings. The smallest absolute Gasteiger partial charge is 0.0452 e. The van der Waals surface area contributed by atoms with Crippen LogP contribution in [-0.4, -0.2) is 10.7 Å². The lowest BCUT2D eigenvalue weighted by Gasteiger charge is -2.33. The summed E-state index contributed by atoms with van der Waals surface area (Å²) in [5, 5.41) is 0. The van der Waals surface area contributed by atoms with Gasteiger partial charge in [0.1, 0.15) is 0 Å². The van der Waals surface area contributed by atoms with Crippen LogP contribution in [0.3, 0.4) is 0 Å². The van der Waals surface area contributed by atoms with E-state index < -0.39 is 0 Å². The molecule has 2 rings (SSSR count). The van der Waals surface area contributed by atoms with E-state index in [-0.39, 0.29) is 0 Å². The topological polar surface area (TPSA) is 17.0 Å². The summed E-state index contributed by atoms with van der Waals surface area (Å²) in [6, 6.07) is 5.04. The molecule has 0 saturated heterocycles. The van der Waals surface area contributed by atoms with Crippen molar-refractivity contribution in [1.29, 1.82) is 0 Å². The lowest BCUT2D eigenvalue weighted by molar-refractivity contribution is 0.301.